The Labute approximate surface area is 98.4 Å². The lowest BCUT2D eigenvalue weighted by Crippen LogP contribution is -2.24. The Morgan fingerprint density at radius 3 is 2.24 bits per heavy atom. The van der Waals surface area contributed by atoms with E-state index in [4.69, 9.17) is 0 Å². The molecule has 0 spiro atoms. The Morgan fingerprint density at radius 2 is 1.71 bits per heavy atom. The molecule has 5 nitrogen and oxygen atoms in total. The average molecular weight is 232 g/mol. The number of nitrogens with one attached hydrogen (secondary N) is 1. The lowest BCUT2D eigenvalue weighted by Gasteiger charge is -2.05. The van der Waals surface area contributed by atoms with Crippen LogP contribution in [0.3, 0.4) is 0 Å². The summed E-state index contributed by atoms with van der Waals surface area (Å²) in [7, 11) is 2.95. The van der Waals surface area contributed by atoms with Gasteiger partial charge in [-0.2, -0.15) is 0 Å². The van der Waals surface area contributed by atoms with E-state index >= 15 is 0 Å². The summed E-state index contributed by atoms with van der Waals surface area (Å²) in [5.41, 5.74) is 1.76. The summed E-state index contributed by atoms with van der Waals surface area (Å²) in [6, 6.07) is 3.07. The van der Waals surface area contributed by atoms with Gasteiger partial charge in [-0.15, -0.1) is 0 Å². The van der Waals surface area contributed by atoms with Crippen LogP contribution in [0, 0.1) is 6.92 Å². The molecule has 0 saturated carbocycles. The molecule has 1 aliphatic heterocycles. The van der Waals surface area contributed by atoms with Gasteiger partial charge in [0.15, 0.2) is 0 Å². The monoisotopic (exact) mass is 232 g/mol. The Morgan fingerprint density at radius 1 is 1.18 bits per heavy atom. The minimum atomic E-state index is -0.366. The first-order valence-corrected chi connectivity index (χ1v) is 5.16. The fourth-order valence-electron chi connectivity index (χ4n) is 1.89. The maximum absolute atomic E-state index is 11.8. The number of nitrogens with zero attached hydrogens (tertiary/aromatic N) is 1. The molecule has 17 heavy (non-hydrogen) atoms. The Balaban J connectivity index is 2.63. The molecule has 0 fully saturated rings. The van der Waals surface area contributed by atoms with Gasteiger partial charge in [-0.05, 0) is 24.6 Å². The Hall–Kier alpha value is -2.17. The number of hydrogen-bond acceptors (Lipinski definition) is 3. The van der Waals surface area contributed by atoms with Crippen molar-refractivity contribution in [2.24, 2.45) is 0 Å². The molecule has 0 bridgehead atoms. The van der Waals surface area contributed by atoms with Crippen LogP contribution >= 0.6 is 0 Å². The van der Waals surface area contributed by atoms with Crippen molar-refractivity contribution in [3.05, 3.63) is 34.4 Å². The van der Waals surface area contributed by atoms with E-state index in [1.165, 1.54) is 20.2 Å². The van der Waals surface area contributed by atoms with Gasteiger partial charge in [0.05, 0.1) is 11.1 Å². The molecule has 1 heterocycles. The minimum absolute atomic E-state index is 0.264. The first-order chi connectivity index (χ1) is 7.97. The molecule has 3 amide bonds. The topological polar surface area (TPSA) is 66.5 Å². The second-order valence-corrected chi connectivity index (χ2v) is 3.96. The van der Waals surface area contributed by atoms with Crippen molar-refractivity contribution >= 4 is 17.7 Å². The van der Waals surface area contributed by atoms with Crippen LogP contribution in [0.15, 0.2) is 12.1 Å². The van der Waals surface area contributed by atoms with Gasteiger partial charge in [-0.25, -0.2) is 0 Å². The third kappa shape index (κ3) is 1.51. The van der Waals surface area contributed by atoms with Crippen molar-refractivity contribution in [2.75, 3.05) is 14.1 Å². The highest BCUT2D eigenvalue weighted by Crippen LogP contribution is 2.25. The molecule has 0 radical (unpaired) electrons. The van der Waals surface area contributed by atoms with Gasteiger partial charge in [0.2, 0.25) is 0 Å². The molecule has 1 aromatic rings. The summed E-state index contributed by atoms with van der Waals surface area (Å²) >= 11 is 0. The second-order valence-electron chi connectivity index (χ2n) is 3.96. The van der Waals surface area contributed by atoms with Crippen molar-refractivity contribution < 1.29 is 14.4 Å². The number of fused-ring (bicyclic) bond motifs is 1. The van der Waals surface area contributed by atoms with Crippen LogP contribution in [-0.2, 0) is 0 Å². The Bertz CT molecular complexity index is 549. The first kappa shape index (κ1) is 11.3. The number of hydrogen-bond donors (Lipinski definition) is 1. The molecule has 0 atom stereocenters. The fraction of sp³-hybridized carbons (Fsp3) is 0.250. The molecule has 2 rings (SSSR count). The van der Waals surface area contributed by atoms with Gasteiger partial charge < -0.3 is 5.32 Å². The zero-order valence-corrected chi connectivity index (χ0v) is 9.83. The van der Waals surface area contributed by atoms with Crippen LogP contribution in [0.1, 0.15) is 36.6 Å². The predicted octanol–water partition coefficient (Wildman–Crippen LogP) is 0.580. The number of amides is 3. The van der Waals surface area contributed by atoms with Crippen molar-refractivity contribution in [2.45, 2.75) is 6.92 Å². The van der Waals surface area contributed by atoms with E-state index in [0.717, 1.165) is 4.90 Å². The largest absolute Gasteiger partial charge is 0.355 e. The SMILES string of the molecule is CNC(=O)c1cc2c(cc1C)C(=O)N(C)C2=O. The second kappa shape index (κ2) is 3.69. The number of carbonyl (C=O) groups excluding carboxylic acids is 3. The molecule has 0 aliphatic carbocycles. The molecule has 88 valence electrons. The van der Waals surface area contributed by atoms with Gasteiger partial charge in [-0.3, -0.25) is 19.3 Å². The van der Waals surface area contributed by atoms with Crippen molar-refractivity contribution in [1.29, 1.82) is 0 Å². The van der Waals surface area contributed by atoms with Gasteiger partial charge in [0.25, 0.3) is 17.7 Å². The third-order valence-electron chi connectivity index (χ3n) is 2.91. The zero-order chi connectivity index (χ0) is 12.7. The summed E-state index contributed by atoms with van der Waals surface area (Å²) in [4.78, 5) is 36.1. The van der Waals surface area contributed by atoms with Crippen LogP contribution in [0.25, 0.3) is 0 Å². The van der Waals surface area contributed by atoms with E-state index in [0.29, 0.717) is 22.3 Å². The standard InChI is InChI=1S/C12H12N2O3/c1-6-4-8-9(5-7(6)10(15)13-2)12(17)14(3)11(8)16/h4-5H,1-3H3,(H,13,15). The van der Waals surface area contributed by atoms with Crippen LogP contribution in [-0.4, -0.2) is 36.7 Å². The van der Waals surface area contributed by atoms with Crippen molar-refractivity contribution in [3.63, 3.8) is 0 Å². The van der Waals surface area contributed by atoms with Crippen LogP contribution < -0.4 is 5.32 Å². The molecule has 0 aromatic heterocycles. The summed E-state index contributed by atoms with van der Waals surface area (Å²) < 4.78 is 0. The van der Waals surface area contributed by atoms with Crippen molar-refractivity contribution in [3.8, 4) is 0 Å². The maximum Gasteiger partial charge on any atom is 0.261 e. The quantitative estimate of drug-likeness (QED) is 0.720. The van der Waals surface area contributed by atoms with E-state index in [1.54, 1.807) is 13.0 Å². The number of imide groups is 1. The highest BCUT2D eigenvalue weighted by atomic mass is 16.2. The van der Waals surface area contributed by atoms with E-state index in [2.05, 4.69) is 5.32 Å². The summed E-state index contributed by atoms with van der Waals surface area (Å²) in [5.74, 6) is -0.952. The molecule has 1 N–H and O–H groups in total. The van der Waals surface area contributed by atoms with E-state index in [1.807, 2.05) is 0 Å². The summed E-state index contributed by atoms with van der Waals surface area (Å²) in [6.45, 7) is 1.74. The molecule has 5 heteroatoms. The molecular formula is C12H12N2O3. The minimum Gasteiger partial charge on any atom is -0.355 e. The van der Waals surface area contributed by atoms with Gasteiger partial charge in [0, 0.05) is 19.7 Å². The van der Waals surface area contributed by atoms with Crippen LogP contribution in [0.5, 0.6) is 0 Å². The van der Waals surface area contributed by atoms with Gasteiger partial charge >= 0.3 is 0 Å². The molecule has 1 aliphatic rings. The fourth-order valence-corrected chi connectivity index (χ4v) is 1.89. The summed E-state index contributed by atoms with van der Waals surface area (Å²) in [5, 5.41) is 2.50. The molecule has 0 saturated heterocycles. The lowest BCUT2D eigenvalue weighted by molar-refractivity contribution is 0.0693. The van der Waals surface area contributed by atoms with Crippen LogP contribution in [0.4, 0.5) is 0 Å². The van der Waals surface area contributed by atoms with Gasteiger partial charge in [-0.1, -0.05) is 0 Å². The van der Waals surface area contributed by atoms with E-state index < -0.39 is 0 Å². The molecule has 0 unspecified atom stereocenters. The Kier molecular flexibility index (Phi) is 2.46. The number of carbonyl (C=O) groups is 3. The predicted molar refractivity (Wildman–Crippen MR) is 61.0 cm³/mol. The summed E-state index contributed by atoms with van der Waals surface area (Å²) in [6.07, 6.45) is 0. The maximum atomic E-state index is 11.8. The third-order valence-corrected chi connectivity index (χ3v) is 2.91. The van der Waals surface area contributed by atoms with Gasteiger partial charge in [0.1, 0.15) is 0 Å². The molecule has 1 aromatic carbocycles. The number of benzene rings is 1. The van der Waals surface area contributed by atoms with E-state index in [-0.39, 0.29) is 17.7 Å². The lowest BCUT2D eigenvalue weighted by atomic mass is 10.00. The molecular weight excluding hydrogens is 220 g/mol. The smallest absolute Gasteiger partial charge is 0.261 e. The number of aryl methyl sites for hydroxylation is 1. The van der Waals surface area contributed by atoms with Crippen molar-refractivity contribution in [1.82, 2.24) is 10.2 Å². The van der Waals surface area contributed by atoms with E-state index in [9.17, 15) is 14.4 Å². The average Bonchev–Trinajstić information content (AvgIpc) is 2.53. The zero-order valence-electron chi connectivity index (χ0n) is 9.83. The highest BCUT2D eigenvalue weighted by Gasteiger charge is 2.33. The van der Waals surface area contributed by atoms with Crippen LogP contribution in [0.2, 0.25) is 0 Å². The first-order valence-electron chi connectivity index (χ1n) is 5.16. The highest BCUT2D eigenvalue weighted by molar-refractivity contribution is 6.22. The normalized spacial score (nSPS) is 13.9. The number of rotatable bonds is 1.